The Bertz CT molecular complexity index is 1890. The fourth-order valence-corrected chi connectivity index (χ4v) is 12.3. The normalized spacial score (nSPS) is 40.3. The number of hydroxylamine groups is 2. The Morgan fingerprint density at radius 1 is 1.02 bits per heavy atom. The fraction of sp³-hybridized carbons (Fsp3) is 0.766. The zero-order chi connectivity index (χ0) is 41.3. The molecule has 0 spiro atoms. The molecule has 0 aromatic heterocycles. The zero-order valence-corrected chi connectivity index (χ0v) is 35.7. The quantitative estimate of drug-likeness (QED) is 0.196. The number of allylic oxidation sites excluding steroid dienone is 1. The summed E-state index contributed by atoms with van der Waals surface area (Å²) >= 11 is 0. The SMILES string of the molecule is CC(C)(C)OC(=O)CC[C@@H](CO)NC(=O)[C@@]12C[C@H]3OC(=O)[C@@H]1N(Cc1cccc(C=C4CCC5O[C@]5(C)CC[C@@H]5[C@@H]4CC5(C)C)c1)O[C@@H]2[C@H]1OC(C2CC2)(C2CC2)O[C@H]13. The van der Waals surface area contributed by atoms with Crippen molar-refractivity contribution in [2.45, 2.75) is 185 Å². The maximum absolute atomic E-state index is 15.0. The smallest absolute Gasteiger partial charge is 0.327 e. The van der Waals surface area contributed by atoms with Crippen LogP contribution >= 0.6 is 0 Å². The van der Waals surface area contributed by atoms with Crippen molar-refractivity contribution in [2.75, 3.05) is 6.61 Å². The van der Waals surface area contributed by atoms with Crippen molar-refractivity contribution in [3.63, 3.8) is 0 Å². The van der Waals surface area contributed by atoms with Crippen LogP contribution in [0.15, 0.2) is 29.8 Å². The van der Waals surface area contributed by atoms with Crippen molar-refractivity contribution < 1.29 is 48.0 Å². The molecule has 4 saturated heterocycles. The van der Waals surface area contributed by atoms with Crippen LogP contribution in [0.4, 0.5) is 0 Å². The van der Waals surface area contributed by atoms with Gasteiger partial charge in [-0.3, -0.25) is 19.2 Å². The molecule has 10 rings (SSSR count). The van der Waals surface area contributed by atoms with Crippen LogP contribution in [0.5, 0.6) is 0 Å². The largest absolute Gasteiger partial charge is 0.460 e. The van der Waals surface area contributed by atoms with E-state index >= 15 is 0 Å². The maximum atomic E-state index is 15.0. The standard InChI is InChI=1S/C47H64N2O10/c1-43(2,3)56-36(51)17-15-31(25-50)48-42(53)46-23-34-37-38(58-47(57-37,29-11-12-29)30-13-14-30)40(46)59-49(39(46)41(52)54-34)24-27-9-7-8-26(20-27)21-28-10-16-35-45(6,55-35)19-18-33-32(28)22-44(33,4)5/h7-9,20-21,29-35,37-40,50H,10-19,22-25H2,1-6H3,(H,48,53)/t31-,32+,33+,34+,35?,37-,38-,39-,40+,45+,46-/m0/s1. The molecule has 5 saturated carbocycles. The summed E-state index contributed by atoms with van der Waals surface area (Å²) in [7, 11) is 0. The summed E-state index contributed by atoms with van der Waals surface area (Å²) in [6.45, 7) is 12.4. The van der Waals surface area contributed by atoms with E-state index in [9.17, 15) is 19.5 Å². The van der Waals surface area contributed by atoms with Crippen LogP contribution in [-0.2, 0) is 49.5 Å². The molecular formula is C47H64N2O10. The molecule has 59 heavy (non-hydrogen) atoms. The van der Waals surface area contributed by atoms with Gasteiger partial charge in [0.25, 0.3) is 0 Å². The van der Waals surface area contributed by atoms with E-state index in [4.69, 9.17) is 28.5 Å². The van der Waals surface area contributed by atoms with Gasteiger partial charge in [-0.05, 0) is 120 Å². The minimum absolute atomic E-state index is 0.0161. The molecule has 11 atom stereocenters. The first-order valence-corrected chi connectivity index (χ1v) is 22.6. The Morgan fingerprint density at radius 3 is 2.46 bits per heavy atom. The molecule has 12 heteroatoms. The number of esters is 2. The molecule has 1 aromatic rings. The van der Waals surface area contributed by atoms with E-state index in [2.05, 4.69) is 50.4 Å². The molecule has 1 unspecified atom stereocenters. The summed E-state index contributed by atoms with van der Waals surface area (Å²) in [6, 6.07) is 6.62. The highest BCUT2D eigenvalue weighted by Gasteiger charge is 2.78. The molecule has 1 aromatic carbocycles. The lowest BCUT2D eigenvalue weighted by Gasteiger charge is -2.53. The van der Waals surface area contributed by atoms with E-state index in [1.54, 1.807) is 25.8 Å². The van der Waals surface area contributed by atoms with E-state index in [0.29, 0.717) is 23.4 Å². The third kappa shape index (κ3) is 7.00. The number of amides is 1. The van der Waals surface area contributed by atoms with Gasteiger partial charge in [0.15, 0.2) is 11.8 Å². The van der Waals surface area contributed by atoms with Gasteiger partial charge in [-0.15, -0.1) is 0 Å². The third-order valence-electron chi connectivity index (χ3n) is 15.6. The number of fused-ring (bicyclic) bond motifs is 6. The van der Waals surface area contributed by atoms with Gasteiger partial charge in [0.1, 0.15) is 35.4 Å². The summed E-state index contributed by atoms with van der Waals surface area (Å²) in [5.41, 5.74) is 1.86. The third-order valence-corrected chi connectivity index (χ3v) is 15.6. The number of nitrogens with one attached hydrogen (secondary N) is 1. The highest BCUT2D eigenvalue weighted by molar-refractivity contribution is 5.94. The lowest BCUT2D eigenvalue weighted by Crippen LogP contribution is -2.70. The van der Waals surface area contributed by atoms with Gasteiger partial charge in [-0.2, -0.15) is 5.06 Å². The van der Waals surface area contributed by atoms with Crippen LogP contribution in [-0.4, -0.2) is 94.2 Å². The maximum Gasteiger partial charge on any atom is 0.327 e. The Hall–Kier alpha value is -2.87. The summed E-state index contributed by atoms with van der Waals surface area (Å²) in [4.78, 5) is 48.9. The number of hydrogen-bond acceptors (Lipinski definition) is 11. The van der Waals surface area contributed by atoms with Gasteiger partial charge in [0, 0.05) is 24.7 Å². The number of carbonyl (C=O) groups excluding carboxylic acids is 3. The molecule has 4 aliphatic heterocycles. The van der Waals surface area contributed by atoms with Gasteiger partial charge in [0.05, 0.1) is 30.9 Å². The van der Waals surface area contributed by atoms with Crippen molar-refractivity contribution >= 4 is 23.9 Å². The van der Waals surface area contributed by atoms with E-state index in [-0.39, 0.29) is 49.9 Å². The number of rotatable bonds is 11. The van der Waals surface area contributed by atoms with Crippen LogP contribution in [0.25, 0.3) is 6.08 Å². The second-order valence-corrected chi connectivity index (χ2v) is 21.5. The number of ether oxygens (including phenoxy) is 5. The molecule has 1 amide bonds. The van der Waals surface area contributed by atoms with E-state index in [1.807, 2.05) is 6.07 Å². The number of nitrogens with zero attached hydrogens (tertiary/aromatic N) is 1. The van der Waals surface area contributed by atoms with Gasteiger partial charge in [-0.25, -0.2) is 0 Å². The molecule has 12 nitrogen and oxygen atoms in total. The number of aliphatic hydroxyl groups is 1. The Balaban J connectivity index is 0.937. The first-order chi connectivity index (χ1) is 28.0. The number of benzene rings is 1. The van der Waals surface area contributed by atoms with Crippen molar-refractivity contribution in [2.24, 2.45) is 34.5 Å². The van der Waals surface area contributed by atoms with Crippen molar-refractivity contribution in [1.29, 1.82) is 0 Å². The van der Waals surface area contributed by atoms with Crippen molar-refractivity contribution in [3.8, 4) is 0 Å². The molecule has 4 heterocycles. The van der Waals surface area contributed by atoms with Gasteiger partial charge < -0.3 is 34.1 Å². The number of carbonyl (C=O) groups is 3. The fourth-order valence-electron chi connectivity index (χ4n) is 12.3. The Kier molecular flexibility index (Phi) is 9.59. The molecule has 5 aliphatic carbocycles. The van der Waals surface area contributed by atoms with Gasteiger partial charge >= 0.3 is 11.9 Å². The highest BCUT2D eigenvalue weighted by Crippen LogP contribution is 2.64. The van der Waals surface area contributed by atoms with Crippen LogP contribution in [0.2, 0.25) is 0 Å². The number of hydrogen-bond donors (Lipinski definition) is 2. The highest BCUT2D eigenvalue weighted by atomic mass is 16.8. The summed E-state index contributed by atoms with van der Waals surface area (Å²) in [5, 5.41) is 15.2. The average molecular weight is 817 g/mol. The van der Waals surface area contributed by atoms with Crippen LogP contribution < -0.4 is 5.32 Å². The number of epoxide rings is 1. The summed E-state index contributed by atoms with van der Waals surface area (Å²) in [5.74, 6) is -0.381. The molecule has 9 fully saturated rings. The van der Waals surface area contributed by atoms with Crippen LogP contribution in [0.3, 0.4) is 0 Å². The van der Waals surface area contributed by atoms with Crippen molar-refractivity contribution in [3.05, 3.63) is 41.0 Å². The van der Waals surface area contributed by atoms with E-state index in [0.717, 1.165) is 56.1 Å². The van der Waals surface area contributed by atoms with Gasteiger partial charge in [0.2, 0.25) is 5.91 Å². The molecular weight excluding hydrogens is 753 g/mol. The lowest BCUT2D eigenvalue weighted by molar-refractivity contribution is -0.235. The summed E-state index contributed by atoms with van der Waals surface area (Å²) < 4.78 is 31.9. The summed E-state index contributed by atoms with van der Waals surface area (Å²) in [6.07, 6.45) is 10.0. The average Bonchev–Trinajstić information content (AvgIpc) is 4.11. The Labute approximate surface area is 348 Å². The van der Waals surface area contributed by atoms with Gasteiger partial charge in [-0.1, -0.05) is 49.8 Å². The minimum atomic E-state index is -1.38. The first-order valence-electron chi connectivity index (χ1n) is 22.6. The molecule has 2 N–H and O–H groups in total. The van der Waals surface area contributed by atoms with Crippen molar-refractivity contribution in [1.82, 2.24) is 10.4 Å². The van der Waals surface area contributed by atoms with Crippen LogP contribution in [0, 0.1) is 34.5 Å². The molecule has 322 valence electrons. The predicted octanol–water partition coefficient (Wildman–Crippen LogP) is 6.16. The monoisotopic (exact) mass is 816 g/mol. The van der Waals surface area contributed by atoms with Crippen LogP contribution in [0.1, 0.15) is 130 Å². The van der Waals surface area contributed by atoms with E-state index < -0.39 is 71.1 Å². The molecule has 0 radical (unpaired) electrons. The molecule has 2 bridgehead atoms. The zero-order valence-electron chi connectivity index (χ0n) is 35.7. The predicted molar refractivity (Wildman–Crippen MR) is 215 cm³/mol. The topological polar surface area (TPSA) is 145 Å². The van der Waals surface area contributed by atoms with E-state index in [1.165, 1.54) is 18.4 Å². The first kappa shape index (κ1) is 40.2. The number of aliphatic hydroxyl groups excluding tert-OH is 1. The lowest BCUT2D eigenvalue weighted by atomic mass is 9.52. The molecule has 9 aliphatic rings. The second-order valence-electron chi connectivity index (χ2n) is 21.5. The Morgan fingerprint density at radius 2 is 1.76 bits per heavy atom. The minimum Gasteiger partial charge on any atom is -0.460 e. The second kappa shape index (κ2) is 14.1.